The summed E-state index contributed by atoms with van der Waals surface area (Å²) in [5, 5.41) is 3.41. The van der Waals surface area contributed by atoms with Crippen molar-refractivity contribution in [3.8, 4) is 0 Å². The Kier molecular flexibility index (Phi) is 5.65. The maximum atomic E-state index is 14.0. The van der Waals surface area contributed by atoms with E-state index in [4.69, 9.17) is 4.74 Å². The number of fused-ring (bicyclic) bond motifs is 1. The van der Waals surface area contributed by atoms with Crippen LogP contribution in [0.4, 0.5) is 11.4 Å². The number of hydrogen-bond acceptors (Lipinski definition) is 6. The fraction of sp³-hybridized carbons (Fsp3) is 0.250. The fourth-order valence-electron chi connectivity index (χ4n) is 5.44. The van der Waals surface area contributed by atoms with Crippen LogP contribution in [0.15, 0.2) is 84.9 Å². The number of amides is 2. The number of para-hydroxylation sites is 1. The molecule has 178 valence electrons. The number of rotatable bonds is 5. The lowest BCUT2D eigenvalue weighted by Gasteiger charge is -2.33. The van der Waals surface area contributed by atoms with Crippen molar-refractivity contribution in [2.24, 2.45) is 11.8 Å². The van der Waals surface area contributed by atoms with Crippen LogP contribution in [0.2, 0.25) is 0 Å². The summed E-state index contributed by atoms with van der Waals surface area (Å²) in [6.07, 6.45) is 0. The Hall–Kier alpha value is -3.97. The van der Waals surface area contributed by atoms with E-state index < -0.39 is 35.3 Å². The highest BCUT2D eigenvalue weighted by Crippen LogP contribution is 2.54. The van der Waals surface area contributed by atoms with Gasteiger partial charge in [-0.15, -0.1) is 0 Å². The molecule has 35 heavy (non-hydrogen) atoms. The number of hydrogen-bond donors (Lipinski definition) is 1. The smallest absolute Gasteiger partial charge is 0.331 e. The van der Waals surface area contributed by atoms with Gasteiger partial charge in [-0.1, -0.05) is 60.7 Å². The van der Waals surface area contributed by atoms with Gasteiger partial charge < -0.3 is 9.64 Å². The summed E-state index contributed by atoms with van der Waals surface area (Å²) in [5.74, 6) is -3.10. The zero-order valence-corrected chi connectivity index (χ0v) is 19.8. The van der Waals surface area contributed by atoms with E-state index in [9.17, 15) is 14.4 Å². The van der Waals surface area contributed by atoms with Crippen molar-refractivity contribution < 1.29 is 19.1 Å². The van der Waals surface area contributed by atoms with E-state index in [0.29, 0.717) is 11.3 Å². The molecule has 2 amide bonds. The SMILES string of the molecule is COC(=O)[C@@]1(c2ccccc2)N[C@H](c2ccc(N(C)C)cc2)[C@@H]2C(=O)N(c3ccccc3)C(=O)[C@H]21. The number of anilines is 2. The van der Waals surface area contributed by atoms with Gasteiger partial charge in [0, 0.05) is 25.8 Å². The van der Waals surface area contributed by atoms with Crippen molar-refractivity contribution in [1.82, 2.24) is 5.32 Å². The minimum Gasteiger partial charge on any atom is -0.467 e. The summed E-state index contributed by atoms with van der Waals surface area (Å²) < 4.78 is 5.27. The molecular weight excluding hydrogens is 442 g/mol. The average Bonchev–Trinajstić information content (AvgIpc) is 3.39. The van der Waals surface area contributed by atoms with Crippen LogP contribution in [-0.2, 0) is 24.7 Å². The van der Waals surface area contributed by atoms with Gasteiger partial charge in [0.25, 0.3) is 0 Å². The molecule has 2 fully saturated rings. The number of imide groups is 1. The maximum absolute atomic E-state index is 14.0. The molecule has 0 spiro atoms. The Morgan fingerprint density at radius 3 is 2.06 bits per heavy atom. The van der Waals surface area contributed by atoms with Gasteiger partial charge >= 0.3 is 5.97 Å². The lowest BCUT2D eigenvalue weighted by molar-refractivity contribution is -0.152. The lowest BCUT2D eigenvalue weighted by Crippen LogP contribution is -2.53. The van der Waals surface area contributed by atoms with Crippen molar-refractivity contribution in [1.29, 1.82) is 0 Å². The summed E-state index contributed by atoms with van der Waals surface area (Å²) >= 11 is 0. The van der Waals surface area contributed by atoms with E-state index >= 15 is 0 Å². The number of nitrogens with zero attached hydrogens (tertiary/aromatic N) is 2. The highest BCUT2D eigenvalue weighted by Gasteiger charge is 2.69. The summed E-state index contributed by atoms with van der Waals surface area (Å²) in [5.41, 5.74) is 1.39. The monoisotopic (exact) mass is 469 g/mol. The number of carbonyl (C=O) groups is 3. The molecule has 0 aliphatic carbocycles. The molecule has 7 heteroatoms. The zero-order chi connectivity index (χ0) is 24.7. The molecule has 4 atom stereocenters. The average molecular weight is 470 g/mol. The third-order valence-electron chi connectivity index (χ3n) is 7.08. The second-order valence-electron chi connectivity index (χ2n) is 9.12. The van der Waals surface area contributed by atoms with Crippen molar-refractivity contribution in [3.63, 3.8) is 0 Å². The largest absolute Gasteiger partial charge is 0.467 e. The molecule has 0 saturated carbocycles. The standard InChI is InChI=1S/C28H27N3O4/c1-30(2)20-16-14-18(15-17-20)24-22-23(26(33)31(25(22)32)21-12-8-5-9-13-21)28(29-24,27(34)35-3)19-10-6-4-7-11-19/h4-17,22-24,29H,1-3H3/t22-,23+,24-,28+/m1/s1. The number of ether oxygens (including phenoxy) is 1. The molecule has 3 aromatic rings. The molecular formula is C28H27N3O4. The molecule has 3 aromatic carbocycles. The van der Waals surface area contributed by atoms with Crippen LogP contribution in [0.25, 0.3) is 0 Å². The molecule has 7 nitrogen and oxygen atoms in total. The third kappa shape index (κ3) is 3.42. The van der Waals surface area contributed by atoms with Crippen LogP contribution in [-0.4, -0.2) is 39.0 Å². The minimum atomic E-state index is -1.51. The minimum absolute atomic E-state index is 0.331. The first-order valence-corrected chi connectivity index (χ1v) is 11.5. The predicted molar refractivity (Wildman–Crippen MR) is 133 cm³/mol. The molecule has 2 aliphatic rings. The van der Waals surface area contributed by atoms with E-state index in [1.807, 2.05) is 67.5 Å². The Bertz CT molecular complexity index is 1260. The van der Waals surface area contributed by atoms with Gasteiger partial charge in [0.1, 0.15) is 0 Å². The highest BCUT2D eigenvalue weighted by atomic mass is 16.5. The topological polar surface area (TPSA) is 79.0 Å². The van der Waals surface area contributed by atoms with Gasteiger partial charge in [0.2, 0.25) is 11.8 Å². The summed E-state index contributed by atoms with van der Waals surface area (Å²) in [6, 6.07) is 25.1. The fourth-order valence-corrected chi connectivity index (χ4v) is 5.44. The molecule has 0 aromatic heterocycles. The molecule has 0 unspecified atom stereocenters. The number of benzene rings is 3. The zero-order valence-electron chi connectivity index (χ0n) is 19.8. The van der Waals surface area contributed by atoms with Crippen LogP contribution >= 0.6 is 0 Å². The second-order valence-corrected chi connectivity index (χ2v) is 9.12. The van der Waals surface area contributed by atoms with Gasteiger partial charge in [-0.2, -0.15) is 0 Å². The van der Waals surface area contributed by atoms with E-state index in [0.717, 1.165) is 11.3 Å². The Morgan fingerprint density at radius 2 is 1.49 bits per heavy atom. The Morgan fingerprint density at radius 1 is 0.886 bits per heavy atom. The lowest BCUT2D eigenvalue weighted by atomic mass is 9.75. The van der Waals surface area contributed by atoms with Gasteiger partial charge in [-0.05, 0) is 35.4 Å². The molecule has 2 aliphatic heterocycles. The molecule has 5 rings (SSSR count). The van der Waals surface area contributed by atoms with Crippen LogP contribution in [0, 0.1) is 11.8 Å². The quantitative estimate of drug-likeness (QED) is 0.457. The Labute approximate surface area is 204 Å². The molecule has 2 saturated heterocycles. The summed E-state index contributed by atoms with van der Waals surface area (Å²) in [4.78, 5) is 44.6. The van der Waals surface area contributed by atoms with Crippen LogP contribution in [0.5, 0.6) is 0 Å². The van der Waals surface area contributed by atoms with Gasteiger partial charge in [-0.3, -0.25) is 14.9 Å². The van der Waals surface area contributed by atoms with E-state index in [-0.39, 0.29) is 5.91 Å². The number of esters is 1. The first-order valence-electron chi connectivity index (χ1n) is 11.5. The normalized spacial score (nSPS) is 25.5. The van der Waals surface area contributed by atoms with E-state index in [2.05, 4.69) is 5.32 Å². The second kappa shape index (κ2) is 8.67. The summed E-state index contributed by atoms with van der Waals surface area (Å²) in [6.45, 7) is 0. The summed E-state index contributed by atoms with van der Waals surface area (Å²) in [7, 11) is 5.21. The van der Waals surface area contributed by atoms with E-state index in [1.165, 1.54) is 12.0 Å². The van der Waals surface area contributed by atoms with Gasteiger partial charge in [0.15, 0.2) is 5.54 Å². The predicted octanol–water partition coefficient (Wildman–Crippen LogP) is 3.27. The van der Waals surface area contributed by atoms with Crippen molar-refractivity contribution in [2.45, 2.75) is 11.6 Å². The van der Waals surface area contributed by atoms with Gasteiger partial charge in [-0.25, -0.2) is 9.69 Å². The third-order valence-corrected chi connectivity index (χ3v) is 7.08. The van der Waals surface area contributed by atoms with E-state index in [1.54, 1.807) is 36.4 Å². The molecule has 1 N–H and O–H groups in total. The number of nitrogens with one attached hydrogen (secondary N) is 1. The first kappa shape index (κ1) is 22.8. The van der Waals surface area contributed by atoms with Crippen LogP contribution in [0.1, 0.15) is 17.2 Å². The van der Waals surface area contributed by atoms with Crippen LogP contribution < -0.4 is 15.1 Å². The van der Waals surface area contributed by atoms with Crippen LogP contribution in [0.3, 0.4) is 0 Å². The molecule has 0 bridgehead atoms. The molecule has 2 heterocycles. The van der Waals surface area contributed by atoms with Gasteiger partial charge in [0.05, 0.1) is 24.6 Å². The maximum Gasteiger partial charge on any atom is 0.331 e. The number of carbonyl (C=O) groups excluding carboxylic acids is 3. The first-order chi connectivity index (χ1) is 16.9. The number of methoxy groups -OCH3 is 1. The van der Waals surface area contributed by atoms with Crippen molar-refractivity contribution >= 4 is 29.2 Å². The van der Waals surface area contributed by atoms with Crippen molar-refractivity contribution in [2.75, 3.05) is 31.0 Å². The molecule has 0 radical (unpaired) electrons. The highest BCUT2D eigenvalue weighted by molar-refractivity contribution is 6.24. The Balaban J connectivity index is 1.70. The van der Waals surface area contributed by atoms with Crippen molar-refractivity contribution in [3.05, 3.63) is 96.1 Å².